The average molecular weight is 249 g/mol. The molecule has 1 aromatic carbocycles. The van der Waals surface area contributed by atoms with Crippen molar-refractivity contribution in [1.29, 1.82) is 0 Å². The van der Waals surface area contributed by atoms with Crippen molar-refractivity contribution in [2.24, 2.45) is 0 Å². The zero-order chi connectivity index (χ0) is 13.3. The number of hydrogen-bond donors (Lipinski definition) is 1. The molecule has 1 heterocycles. The summed E-state index contributed by atoms with van der Waals surface area (Å²) in [6, 6.07) is 2.65. The first-order valence-electron chi connectivity index (χ1n) is 5.50. The quantitative estimate of drug-likeness (QED) is 0.888. The largest absolute Gasteiger partial charge is 0.373 e. The first kappa shape index (κ1) is 12.4. The van der Waals surface area contributed by atoms with Gasteiger partial charge in [0.1, 0.15) is 23.8 Å². The van der Waals surface area contributed by atoms with Gasteiger partial charge in [-0.2, -0.15) is 0 Å². The van der Waals surface area contributed by atoms with Crippen LogP contribution in [-0.2, 0) is 0 Å². The van der Waals surface area contributed by atoms with E-state index in [1.54, 1.807) is 20.9 Å². The Labute approximate surface area is 104 Å². The van der Waals surface area contributed by atoms with Gasteiger partial charge in [0.05, 0.1) is 11.3 Å². The molecule has 0 aliphatic carbocycles. The van der Waals surface area contributed by atoms with Crippen LogP contribution in [0.5, 0.6) is 0 Å². The molecule has 1 N–H and O–H groups in total. The smallest absolute Gasteiger partial charge is 0.138 e. The Balaban J connectivity index is 2.73. The molecule has 0 aliphatic heterocycles. The van der Waals surface area contributed by atoms with Crippen LogP contribution >= 0.6 is 0 Å². The van der Waals surface area contributed by atoms with Crippen molar-refractivity contribution in [2.45, 2.75) is 13.8 Å². The molecule has 2 aromatic rings. The van der Waals surface area contributed by atoms with Gasteiger partial charge in [0, 0.05) is 12.6 Å². The molecule has 0 saturated heterocycles. The molecule has 0 atom stereocenters. The minimum absolute atomic E-state index is 0.105. The number of benzene rings is 1. The lowest BCUT2D eigenvalue weighted by atomic mass is 10.0. The summed E-state index contributed by atoms with van der Waals surface area (Å²) in [4.78, 5) is 7.99. The molecular formula is C13H13F2N3. The Morgan fingerprint density at radius 3 is 2.50 bits per heavy atom. The van der Waals surface area contributed by atoms with Crippen LogP contribution in [0.15, 0.2) is 18.5 Å². The van der Waals surface area contributed by atoms with E-state index in [0.29, 0.717) is 16.9 Å². The minimum Gasteiger partial charge on any atom is -0.373 e. The van der Waals surface area contributed by atoms with Gasteiger partial charge in [-0.15, -0.1) is 0 Å². The first-order chi connectivity index (χ1) is 8.56. The lowest BCUT2D eigenvalue weighted by Crippen LogP contribution is -2.02. The highest BCUT2D eigenvalue weighted by Crippen LogP contribution is 2.30. The van der Waals surface area contributed by atoms with Gasteiger partial charge in [0.25, 0.3) is 0 Å². The molecule has 0 radical (unpaired) electrons. The van der Waals surface area contributed by atoms with Crippen molar-refractivity contribution in [1.82, 2.24) is 9.97 Å². The molecule has 0 saturated carbocycles. The van der Waals surface area contributed by atoms with E-state index in [9.17, 15) is 8.78 Å². The second-order valence-electron chi connectivity index (χ2n) is 4.00. The molecule has 0 spiro atoms. The Hall–Kier alpha value is -2.04. The van der Waals surface area contributed by atoms with E-state index in [1.165, 1.54) is 18.5 Å². The SMILES string of the molecule is CNc1ncnc(-c2c(F)ccc(C)c2F)c1C. The van der Waals surface area contributed by atoms with Crippen LogP contribution < -0.4 is 5.32 Å². The highest BCUT2D eigenvalue weighted by molar-refractivity contribution is 5.69. The normalized spacial score (nSPS) is 10.5. The lowest BCUT2D eigenvalue weighted by molar-refractivity contribution is 0.582. The highest BCUT2D eigenvalue weighted by Gasteiger charge is 2.18. The monoisotopic (exact) mass is 249 g/mol. The van der Waals surface area contributed by atoms with Gasteiger partial charge in [-0.1, -0.05) is 6.07 Å². The first-order valence-corrected chi connectivity index (χ1v) is 5.50. The minimum atomic E-state index is -0.623. The molecule has 1 aromatic heterocycles. The standard InChI is InChI=1S/C13H13F2N3/c1-7-4-5-9(14)10(11(7)15)12-8(2)13(16-3)18-6-17-12/h4-6H,1-3H3,(H,16,17,18). The van der Waals surface area contributed by atoms with Crippen LogP contribution in [0.4, 0.5) is 14.6 Å². The fraction of sp³-hybridized carbons (Fsp3) is 0.231. The summed E-state index contributed by atoms with van der Waals surface area (Å²) in [6.07, 6.45) is 1.29. The average Bonchev–Trinajstić information content (AvgIpc) is 2.36. The van der Waals surface area contributed by atoms with E-state index in [2.05, 4.69) is 15.3 Å². The zero-order valence-corrected chi connectivity index (χ0v) is 10.4. The summed E-state index contributed by atoms with van der Waals surface area (Å²) in [5.41, 5.74) is 1.17. The predicted molar refractivity (Wildman–Crippen MR) is 66.4 cm³/mol. The third-order valence-electron chi connectivity index (χ3n) is 2.84. The number of nitrogens with zero attached hydrogens (tertiary/aromatic N) is 2. The third kappa shape index (κ3) is 1.92. The second kappa shape index (κ2) is 4.68. The fourth-order valence-corrected chi connectivity index (χ4v) is 1.83. The van der Waals surface area contributed by atoms with Crippen molar-refractivity contribution in [3.8, 4) is 11.3 Å². The van der Waals surface area contributed by atoms with E-state index in [0.717, 1.165) is 0 Å². The number of nitrogens with one attached hydrogen (secondary N) is 1. The van der Waals surface area contributed by atoms with Crippen LogP contribution in [0.3, 0.4) is 0 Å². The van der Waals surface area contributed by atoms with Crippen LogP contribution in [-0.4, -0.2) is 17.0 Å². The van der Waals surface area contributed by atoms with E-state index in [-0.39, 0.29) is 11.3 Å². The Kier molecular flexibility index (Phi) is 3.23. The van der Waals surface area contributed by atoms with Gasteiger partial charge in [0.2, 0.25) is 0 Å². The highest BCUT2D eigenvalue weighted by atomic mass is 19.1. The van der Waals surface area contributed by atoms with Crippen LogP contribution in [0.25, 0.3) is 11.3 Å². The number of rotatable bonds is 2. The molecule has 0 unspecified atom stereocenters. The fourth-order valence-electron chi connectivity index (χ4n) is 1.83. The van der Waals surface area contributed by atoms with Gasteiger partial charge in [-0.3, -0.25) is 0 Å². The van der Waals surface area contributed by atoms with Crippen molar-refractivity contribution >= 4 is 5.82 Å². The van der Waals surface area contributed by atoms with E-state index < -0.39 is 11.6 Å². The van der Waals surface area contributed by atoms with Gasteiger partial charge in [-0.25, -0.2) is 18.7 Å². The van der Waals surface area contributed by atoms with Gasteiger partial charge in [0.15, 0.2) is 0 Å². The maximum atomic E-state index is 14.0. The number of halogens is 2. The molecule has 0 aliphatic rings. The van der Waals surface area contributed by atoms with Crippen LogP contribution in [0.2, 0.25) is 0 Å². The van der Waals surface area contributed by atoms with E-state index in [4.69, 9.17) is 0 Å². The Bertz CT molecular complexity index is 597. The van der Waals surface area contributed by atoms with Crippen LogP contribution in [0, 0.1) is 25.5 Å². The molecule has 0 amide bonds. The van der Waals surface area contributed by atoms with Crippen molar-refractivity contribution in [3.05, 3.63) is 41.2 Å². The number of aryl methyl sites for hydroxylation is 1. The predicted octanol–water partition coefficient (Wildman–Crippen LogP) is 3.08. The zero-order valence-electron chi connectivity index (χ0n) is 10.4. The molecule has 0 bridgehead atoms. The number of anilines is 1. The lowest BCUT2D eigenvalue weighted by Gasteiger charge is -2.11. The maximum absolute atomic E-state index is 14.0. The summed E-state index contributed by atoms with van der Waals surface area (Å²) >= 11 is 0. The number of aromatic nitrogens is 2. The summed E-state index contributed by atoms with van der Waals surface area (Å²) in [7, 11) is 1.70. The molecule has 3 nitrogen and oxygen atoms in total. The van der Waals surface area contributed by atoms with Crippen LogP contribution in [0.1, 0.15) is 11.1 Å². The second-order valence-corrected chi connectivity index (χ2v) is 4.00. The Morgan fingerprint density at radius 2 is 1.83 bits per heavy atom. The maximum Gasteiger partial charge on any atom is 0.138 e. The van der Waals surface area contributed by atoms with E-state index >= 15 is 0 Å². The van der Waals surface area contributed by atoms with Gasteiger partial charge < -0.3 is 5.32 Å². The molecule has 94 valence electrons. The molecule has 5 heteroatoms. The van der Waals surface area contributed by atoms with Crippen molar-refractivity contribution < 1.29 is 8.78 Å². The molecule has 2 rings (SSSR count). The van der Waals surface area contributed by atoms with Gasteiger partial charge in [-0.05, 0) is 25.5 Å². The molecule has 18 heavy (non-hydrogen) atoms. The van der Waals surface area contributed by atoms with Crippen molar-refractivity contribution in [3.63, 3.8) is 0 Å². The third-order valence-corrected chi connectivity index (χ3v) is 2.84. The summed E-state index contributed by atoms with van der Waals surface area (Å²) in [5, 5.41) is 2.86. The molecular weight excluding hydrogens is 236 g/mol. The number of hydrogen-bond acceptors (Lipinski definition) is 3. The summed E-state index contributed by atoms with van der Waals surface area (Å²) in [5.74, 6) is -0.652. The van der Waals surface area contributed by atoms with E-state index in [1.807, 2.05) is 0 Å². The summed E-state index contributed by atoms with van der Waals surface area (Å²) in [6.45, 7) is 3.32. The van der Waals surface area contributed by atoms with Crippen molar-refractivity contribution in [2.75, 3.05) is 12.4 Å². The summed E-state index contributed by atoms with van der Waals surface area (Å²) < 4.78 is 27.9. The molecule has 0 fully saturated rings. The van der Waals surface area contributed by atoms with Gasteiger partial charge >= 0.3 is 0 Å². The topological polar surface area (TPSA) is 37.8 Å². The Morgan fingerprint density at radius 1 is 1.11 bits per heavy atom.